The number of rotatable bonds is 5. The molecule has 0 aliphatic carbocycles. The van der Waals surface area contributed by atoms with Crippen LogP contribution in [0.5, 0.6) is 0 Å². The molecule has 1 aromatic rings. The second kappa shape index (κ2) is 5.33. The molecule has 0 saturated carbocycles. The summed E-state index contributed by atoms with van der Waals surface area (Å²) in [7, 11) is -3.89. The summed E-state index contributed by atoms with van der Waals surface area (Å²) >= 11 is 0. The van der Waals surface area contributed by atoms with Gasteiger partial charge in [0.2, 0.25) is 10.0 Å². The largest absolute Gasteiger partial charge is 0.399 e. The minimum absolute atomic E-state index is 0.0896. The molecule has 0 heterocycles. The maximum absolute atomic E-state index is 11.5. The fourth-order valence-corrected chi connectivity index (χ4v) is 2.43. The second-order valence-corrected chi connectivity index (χ2v) is 6.27. The van der Waals surface area contributed by atoms with Crippen LogP contribution in [0.25, 0.3) is 0 Å². The van der Waals surface area contributed by atoms with Crippen LogP contribution in [0.1, 0.15) is 12.5 Å². The molecule has 0 aliphatic rings. The number of aliphatic hydroxyl groups excluding tert-OH is 2. The zero-order valence-corrected chi connectivity index (χ0v) is 11.7. The Hall–Kier alpha value is -1.35. The van der Waals surface area contributed by atoms with Gasteiger partial charge < -0.3 is 21.3 Å². The van der Waals surface area contributed by atoms with Gasteiger partial charge in [-0.1, -0.05) is 0 Å². The number of hydrogen-bond acceptors (Lipinski definition) is 6. The maximum Gasteiger partial charge on any atom is 0.238 e. The average molecular weight is 289 g/mol. The van der Waals surface area contributed by atoms with Crippen LogP contribution in [-0.4, -0.2) is 37.4 Å². The van der Waals surface area contributed by atoms with Gasteiger partial charge in [0.1, 0.15) is 0 Å². The molecule has 8 heteroatoms. The summed E-state index contributed by atoms with van der Waals surface area (Å²) in [6, 6.07) is 2.79. The molecular weight excluding hydrogens is 270 g/mol. The van der Waals surface area contributed by atoms with Gasteiger partial charge >= 0.3 is 0 Å². The van der Waals surface area contributed by atoms with Crippen LogP contribution >= 0.6 is 0 Å². The van der Waals surface area contributed by atoms with Crippen LogP contribution in [0.15, 0.2) is 17.0 Å². The predicted molar refractivity (Wildman–Crippen MR) is 73.2 cm³/mol. The molecule has 0 fully saturated rings. The Bertz CT molecular complexity index is 568. The lowest BCUT2D eigenvalue weighted by atomic mass is 10.0. The summed E-state index contributed by atoms with van der Waals surface area (Å²) in [4.78, 5) is -0.0896. The van der Waals surface area contributed by atoms with E-state index in [2.05, 4.69) is 5.32 Å². The lowest BCUT2D eigenvalue weighted by Gasteiger charge is -2.29. The van der Waals surface area contributed by atoms with E-state index in [1.54, 1.807) is 13.8 Å². The van der Waals surface area contributed by atoms with E-state index in [-0.39, 0.29) is 23.8 Å². The zero-order valence-electron chi connectivity index (χ0n) is 10.8. The molecule has 0 aromatic heterocycles. The van der Waals surface area contributed by atoms with Gasteiger partial charge in [-0.15, -0.1) is 0 Å². The van der Waals surface area contributed by atoms with Crippen molar-refractivity contribution in [1.82, 2.24) is 0 Å². The predicted octanol–water partition coefficient (Wildman–Crippen LogP) is -0.620. The smallest absolute Gasteiger partial charge is 0.238 e. The monoisotopic (exact) mass is 289 g/mol. The highest BCUT2D eigenvalue weighted by Gasteiger charge is 2.24. The summed E-state index contributed by atoms with van der Waals surface area (Å²) in [5.41, 5.74) is 5.65. The maximum atomic E-state index is 11.5. The van der Waals surface area contributed by atoms with Gasteiger partial charge in [0, 0.05) is 11.4 Å². The molecule has 108 valence electrons. The first-order chi connectivity index (χ1) is 8.63. The fourth-order valence-electron chi connectivity index (χ4n) is 1.59. The molecule has 7 nitrogen and oxygen atoms in total. The summed E-state index contributed by atoms with van der Waals surface area (Å²) < 4.78 is 22.9. The summed E-state index contributed by atoms with van der Waals surface area (Å²) in [6.45, 7) is 2.49. The van der Waals surface area contributed by atoms with E-state index in [1.165, 1.54) is 12.1 Å². The van der Waals surface area contributed by atoms with E-state index in [0.717, 1.165) is 0 Å². The van der Waals surface area contributed by atoms with E-state index in [0.29, 0.717) is 11.3 Å². The van der Waals surface area contributed by atoms with Crippen LogP contribution in [0, 0.1) is 6.92 Å². The van der Waals surface area contributed by atoms with Gasteiger partial charge in [0.15, 0.2) is 0 Å². The third-order valence-corrected chi connectivity index (χ3v) is 3.86. The number of hydrogen-bond donors (Lipinski definition) is 5. The summed E-state index contributed by atoms with van der Waals surface area (Å²) in [6.07, 6.45) is 0. The van der Waals surface area contributed by atoms with Crippen molar-refractivity contribution in [2.24, 2.45) is 5.14 Å². The number of anilines is 2. The van der Waals surface area contributed by atoms with Gasteiger partial charge in [0.05, 0.1) is 23.6 Å². The molecule has 7 N–H and O–H groups in total. The van der Waals surface area contributed by atoms with E-state index in [9.17, 15) is 18.6 Å². The van der Waals surface area contributed by atoms with Gasteiger partial charge in [-0.3, -0.25) is 0 Å². The number of nitrogens with two attached hydrogens (primary N) is 2. The summed E-state index contributed by atoms with van der Waals surface area (Å²) in [5.74, 6) is 0. The molecule has 0 radical (unpaired) electrons. The lowest BCUT2D eigenvalue weighted by molar-refractivity contribution is 0.147. The number of primary sulfonamides is 1. The van der Waals surface area contributed by atoms with E-state index in [1.807, 2.05) is 0 Å². The Balaban J connectivity index is 3.35. The van der Waals surface area contributed by atoms with Gasteiger partial charge in [-0.2, -0.15) is 0 Å². The Morgan fingerprint density at radius 2 is 1.84 bits per heavy atom. The van der Waals surface area contributed by atoms with Crippen molar-refractivity contribution in [2.75, 3.05) is 24.3 Å². The molecule has 0 bridgehead atoms. The molecule has 0 saturated heterocycles. The number of aliphatic hydroxyl groups is 2. The van der Waals surface area contributed by atoms with Crippen LogP contribution < -0.4 is 16.2 Å². The first kappa shape index (κ1) is 15.7. The molecule has 0 atom stereocenters. The van der Waals surface area contributed by atoms with E-state index < -0.39 is 15.6 Å². The van der Waals surface area contributed by atoms with Crippen LogP contribution in [0.3, 0.4) is 0 Å². The van der Waals surface area contributed by atoms with Crippen molar-refractivity contribution < 1.29 is 18.6 Å². The Morgan fingerprint density at radius 1 is 1.32 bits per heavy atom. The van der Waals surface area contributed by atoms with Crippen LogP contribution in [0.4, 0.5) is 11.4 Å². The Labute approximate surface area is 112 Å². The third kappa shape index (κ3) is 3.57. The van der Waals surface area contributed by atoms with Gasteiger partial charge in [-0.05, 0) is 31.5 Å². The normalized spacial score (nSPS) is 12.5. The molecule has 0 aliphatic heterocycles. The average Bonchev–Trinajstić information content (AvgIpc) is 2.31. The van der Waals surface area contributed by atoms with E-state index >= 15 is 0 Å². The summed E-state index contributed by atoms with van der Waals surface area (Å²) in [5, 5.41) is 26.5. The molecule has 1 rings (SSSR count). The SMILES string of the molecule is Cc1c(NC(C)(CO)CO)cc(N)cc1S(N)(=O)=O. The highest BCUT2D eigenvalue weighted by molar-refractivity contribution is 7.89. The van der Waals surface area contributed by atoms with Crippen LogP contribution in [-0.2, 0) is 10.0 Å². The van der Waals surface area contributed by atoms with Gasteiger partial charge in [-0.25, -0.2) is 13.6 Å². The van der Waals surface area contributed by atoms with Crippen molar-refractivity contribution in [3.63, 3.8) is 0 Å². The highest BCUT2D eigenvalue weighted by atomic mass is 32.2. The number of nitrogens with one attached hydrogen (secondary N) is 1. The van der Waals surface area contributed by atoms with Crippen molar-refractivity contribution in [2.45, 2.75) is 24.3 Å². The minimum atomic E-state index is -3.89. The topological polar surface area (TPSA) is 139 Å². The Morgan fingerprint density at radius 3 is 2.26 bits per heavy atom. The van der Waals surface area contributed by atoms with Crippen molar-refractivity contribution >= 4 is 21.4 Å². The molecule has 0 amide bonds. The standard InChI is InChI=1S/C11H19N3O4S/c1-7-9(14-11(2,5-15)6-16)3-8(12)4-10(7)19(13,17)18/h3-4,14-16H,5-6,12H2,1-2H3,(H2,13,17,18). The molecule has 0 spiro atoms. The molecule has 1 aromatic carbocycles. The fraction of sp³-hybridized carbons (Fsp3) is 0.455. The number of benzene rings is 1. The highest BCUT2D eigenvalue weighted by Crippen LogP contribution is 2.28. The number of nitrogen functional groups attached to an aromatic ring is 1. The third-order valence-electron chi connectivity index (χ3n) is 2.82. The Kier molecular flexibility index (Phi) is 4.41. The number of sulfonamides is 1. The molecule has 0 unspecified atom stereocenters. The van der Waals surface area contributed by atoms with E-state index in [4.69, 9.17) is 10.9 Å². The zero-order chi connectivity index (χ0) is 14.8. The van der Waals surface area contributed by atoms with Gasteiger partial charge in [0.25, 0.3) is 0 Å². The minimum Gasteiger partial charge on any atom is -0.399 e. The van der Waals surface area contributed by atoms with Crippen molar-refractivity contribution in [3.05, 3.63) is 17.7 Å². The quantitative estimate of drug-likeness (QED) is 0.458. The lowest BCUT2D eigenvalue weighted by Crippen LogP contribution is -2.42. The first-order valence-electron chi connectivity index (χ1n) is 5.56. The van der Waals surface area contributed by atoms with Crippen molar-refractivity contribution in [1.29, 1.82) is 0 Å². The second-order valence-electron chi connectivity index (χ2n) is 4.74. The van der Waals surface area contributed by atoms with Crippen molar-refractivity contribution in [3.8, 4) is 0 Å². The molecule has 19 heavy (non-hydrogen) atoms. The molecular formula is C11H19N3O4S. The first-order valence-corrected chi connectivity index (χ1v) is 7.10. The van der Waals surface area contributed by atoms with Crippen LogP contribution in [0.2, 0.25) is 0 Å².